The number of carbonyl (C=O) groups excluding carboxylic acids is 1. The van der Waals surface area contributed by atoms with Gasteiger partial charge in [-0.2, -0.15) is 26.0 Å². The Bertz CT molecular complexity index is 1100. The van der Waals surface area contributed by atoms with E-state index in [1.807, 2.05) is 36.4 Å². The van der Waals surface area contributed by atoms with Crippen molar-refractivity contribution >= 4 is 16.1 Å². The van der Waals surface area contributed by atoms with Crippen LogP contribution in [0, 0.1) is 5.92 Å². The molecule has 1 atom stereocenters. The van der Waals surface area contributed by atoms with Crippen molar-refractivity contribution in [3.8, 4) is 0 Å². The smallest absolute Gasteiger partial charge is 0.431 e. The summed E-state index contributed by atoms with van der Waals surface area (Å²) in [6.07, 6.45) is -1.18. The summed E-state index contributed by atoms with van der Waals surface area (Å²) < 4.78 is 87.9. The number of halogens is 4. The molecule has 10 heteroatoms. The molecule has 0 fully saturated rings. The number of esters is 1. The van der Waals surface area contributed by atoms with Gasteiger partial charge in [-0.1, -0.05) is 48.5 Å². The Morgan fingerprint density at radius 2 is 1.47 bits per heavy atom. The second kappa shape index (κ2) is 7.84. The van der Waals surface area contributed by atoms with E-state index in [9.17, 15) is 30.8 Å². The van der Waals surface area contributed by atoms with Crippen LogP contribution in [-0.4, -0.2) is 36.7 Å². The SMILES string of the molecule is O=C(CC1CC2c3ccccc3C1c1ccccc12)OCCC(F)(F)C(F)(F)S(=O)(=O)O. The van der Waals surface area contributed by atoms with Gasteiger partial charge in [-0.05, 0) is 34.6 Å². The summed E-state index contributed by atoms with van der Waals surface area (Å²) in [5, 5.41) is -5.68. The topological polar surface area (TPSA) is 80.7 Å². The molecule has 3 aliphatic carbocycles. The normalized spacial score (nSPS) is 22.2. The van der Waals surface area contributed by atoms with E-state index in [4.69, 9.17) is 9.29 Å². The van der Waals surface area contributed by atoms with E-state index in [1.165, 1.54) is 11.1 Å². The van der Waals surface area contributed by atoms with Gasteiger partial charge in [0.05, 0.1) is 13.0 Å². The summed E-state index contributed by atoms with van der Waals surface area (Å²) in [4.78, 5) is 12.3. The van der Waals surface area contributed by atoms with Crippen molar-refractivity contribution in [2.75, 3.05) is 6.61 Å². The molecule has 1 unspecified atom stereocenters. The zero-order valence-corrected chi connectivity index (χ0v) is 17.5. The number of carbonyl (C=O) groups is 1. The summed E-state index contributed by atoms with van der Waals surface area (Å²) in [5.41, 5.74) is 4.57. The maximum Gasteiger partial charge on any atom is 0.431 e. The van der Waals surface area contributed by atoms with Gasteiger partial charge in [0.25, 0.3) is 0 Å². The third-order valence-electron chi connectivity index (χ3n) is 6.28. The van der Waals surface area contributed by atoms with Crippen LogP contribution in [0.15, 0.2) is 48.5 Å². The zero-order valence-electron chi connectivity index (χ0n) is 16.7. The van der Waals surface area contributed by atoms with Crippen molar-refractivity contribution in [1.82, 2.24) is 0 Å². The minimum Gasteiger partial charge on any atom is -0.465 e. The number of hydrogen-bond donors (Lipinski definition) is 1. The predicted octanol–water partition coefficient (Wildman–Crippen LogP) is 4.72. The molecule has 2 bridgehead atoms. The number of fused-ring (bicyclic) bond motifs is 1. The Hall–Kier alpha value is -2.46. The number of benzene rings is 2. The van der Waals surface area contributed by atoms with E-state index in [0.717, 1.165) is 11.1 Å². The van der Waals surface area contributed by atoms with Crippen molar-refractivity contribution in [2.24, 2.45) is 5.92 Å². The lowest BCUT2D eigenvalue weighted by Crippen LogP contribution is -2.47. The average molecular weight is 472 g/mol. The Morgan fingerprint density at radius 1 is 0.969 bits per heavy atom. The fourth-order valence-electron chi connectivity index (χ4n) is 4.86. The Balaban J connectivity index is 1.44. The minimum atomic E-state index is -6.32. The summed E-state index contributed by atoms with van der Waals surface area (Å²) in [5.74, 6) is -6.07. The molecule has 0 aliphatic heterocycles. The molecule has 5 nitrogen and oxygen atoms in total. The van der Waals surface area contributed by atoms with E-state index in [2.05, 4.69) is 12.1 Å². The lowest BCUT2D eigenvalue weighted by atomic mass is 9.58. The van der Waals surface area contributed by atoms with Gasteiger partial charge in [0.2, 0.25) is 0 Å². The Kier molecular flexibility index (Phi) is 5.57. The van der Waals surface area contributed by atoms with Crippen molar-refractivity contribution in [3.05, 3.63) is 70.8 Å². The maximum absolute atomic E-state index is 13.6. The highest BCUT2D eigenvalue weighted by Crippen LogP contribution is 2.56. The molecular formula is C22H20F4O5S. The lowest BCUT2D eigenvalue weighted by Gasteiger charge is -2.45. The van der Waals surface area contributed by atoms with Crippen LogP contribution in [0.25, 0.3) is 0 Å². The Morgan fingerprint density at radius 3 is 1.97 bits per heavy atom. The van der Waals surface area contributed by atoms with Crippen LogP contribution in [0.5, 0.6) is 0 Å². The molecular weight excluding hydrogens is 452 g/mol. The number of rotatable bonds is 7. The van der Waals surface area contributed by atoms with Gasteiger partial charge in [-0.15, -0.1) is 0 Å². The molecule has 0 spiro atoms. The van der Waals surface area contributed by atoms with Crippen molar-refractivity contribution in [3.63, 3.8) is 0 Å². The molecule has 32 heavy (non-hydrogen) atoms. The standard InChI is InChI=1S/C22H20F4O5S/c23-21(24,22(25,26)32(28,29)30)9-10-31-19(27)12-13-11-18-14-5-1-3-7-16(14)20(13)17-8-4-2-6-15(17)18/h1-8,13,18,20H,9-12H2,(H,28,29,30). The first-order chi connectivity index (χ1) is 14.9. The van der Waals surface area contributed by atoms with Crippen molar-refractivity contribution in [2.45, 2.75) is 42.3 Å². The van der Waals surface area contributed by atoms with Gasteiger partial charge in [0.1, 0.15) is 0 Å². The summed E-state index contributed by atoms with van der Waals surface area (Å²) in [6.45, 7) is -1.11. The largest absolute Gasteiger partial charge is 0.465 e. The first-order valence-electron chi connectivity index (χ1n) is 10.00. The highest BCUT2D eigenvalue weighted by Gasteiger charge is 2.65. The van der Waals surface area contributed by atoms with Gasteiger partial charge < -0.3 is 4.74 Å². The van der Waals surface area contributed by atoms with Crippen LogP contribution in [-0.2, 0) is 19.6 Å². The molecule has 5 rings (SSSR count). The highest BCUT2D eigenvalue weighted by molar-refractivity contribution is 7.87. The summed E-state index contributed by atoms with van der Waals surface area (Å²) >= 11 is 0. The highest BCUT2D eigenvalue weighted by atomic mass is 32.2. The first kappa shape index (κ1) is 22.7. The molecule has 0 radical (unpaired) electrons. The van der Waals surface area contributed by atoms with Crippen molar-refractivity contribution < 1.29 is 40.1 Å². The second-order valence-electron chi connectivity index (χ2n) is 8.15. The summed E-state index contributed by atoms with van der Waals surface area (Å²) in [6, 6.07) is 15.8. The summed E-state index contributed by atoms with van der Waals surface area (Å²) in [7, 11) is -6.32. The van der Waals surface area contributed by atoms with Crippen LogP contribution >= 0.6 is 0 Å². The van der Waals surface area contributed by atoms with Gasteiger partial charge in [-0.25, -0.2) is 0 Å². The molecule has 1 N–H and O–H groups in total. The molecule has 0 aromatic heterocycles. The van der Waals surface area contributed by atoms with E-state index >= 15 is 0 Å². The average Bonchev–Trinajstić information content (AvgIpc) is 2.73. The van der Waals surface area contributed by atoms with E-state index in [1.54, 1.807) is 0 Å². The third-order valence-corrected chi connectivity index (χ3v) is 7.23. The molecule has 0 heterocycles. The first-order valence-corrected chi connectivity index (χ1v) is 11.4. The van der Waals surface area contributed by atoms with Crippen LogP contribution in [0.3, 0.4) is 0 Å². The van der Waals surface area contributed by atoms with Gasteiger partial charge in [-0.3, -0.25) is 9.35 Å². The van der Waals surface area contributed by atoms with Gasteiger partial charge in [0.15, 0.2) is 0 Å². The van der Waals surface area contributed by atoms with Crippen LogP contribution < -0.4 is 0 Å². The quantitative estimate of drug-likeness (QED) is 0.358. The number of ether oxygens (including phenoxy) is 1. The molecule has 0 saturated carbocycles. The fourth-order valence-corrected chi connectivity index (χ4v) is 5.34. The second-order valence-corrected chi connectivity index (χ2v) is 9.62. The lowest BCUT2D eigenvalue weighted by molar-refractivity contribution is -0.175. The molecule has 3 aliphatic rings. The monoisotopic (exact) mass is 472 g/mol. The molecule has 172 valence electrons. The molecule has 2 aromatic carbocycles. The van der Waals surface area contributed by atoms with Crippen LogP contribution in [0.2, 0.25) is 0 Å². The third kappa shape index (κ3) is 3.69. The Labute approximate surface area is 182 Å². The van der Waals surface area contributed by atoms with Crippen molar-refractivity contribution in [1.29, 1.82) is 0 Å². The molecule has 2 aromatic rings. The van der Waals surface area contributed by atoms with Gasteiger partial charge >= 0.3 is 27.3 Å². The number of alkyl halides is 4. The van der Waals surface area contributed by atoms with E-state index in [0.29, 0.717) is 6.42 Å². The van der Waals surface area contributed by atoms with E-state index in [-0.39, 0.29) is 24.2 Å². The van der Waals surface area contributed by atoms with Crippen LogP contribution in [0.4, 0.5) is 17.6 Å². The van der Waals surface area contributed by atoms with Gasteiger partial charge in [0, 0.05) is 18.3 Å². The van der Waals surface area contributed by atoms with E-state index < -0.39 is 40.3 Å². The maximum atomic E-state index is 13.6. The number of hydrogen-bond acceptors (Lipinski definition) is 4. The molecule has 0 saturated heterocycles. The predicted molar refractivity (Wildman–Crippen MR) is 106 cm³/mol. The minimum absolute atomic E-state index is 0.0785. The van der Waals surface area contributed by atoms with Crippen LogP contribution in [0.1, 0.15) is 53.4 Å². The fraction of sp³-hybridized carbons (Fsp3) is 0.409. The molecule has 0 amide bonds. The zero-order chi connectivity index (χ0) is 23.3.